The molecule has 0 saturated heterocycles. The molecule has 0 saturated carbocycles. The van der Waals surface area contributed by atoms with Crippen LogP contribution in [-0.2, 0) is 14.3 Å². The van der Waals surface area contributed by atoms with E-state index in [1.165, 1.54) is 23.1 Å². The topological polar surface area (TPSA) is 129 Å². The van der Waals surface area contributed by atoms with E-state index in [2.05, 4.69) is 20.9 Å². The third-order valence-corrected chi connectivity index (χ3v) is 10.1. The number of fused-ring (bicyclic) bond motifs is 1. The molecule has 0 fully saturated rings. The van der Waals surface area contributed by atoms with Crippen molar-refractivity contribution in [3.8, 4) is 11.1 Å². The second-order valence-electron chi connectivity index (χ2n) is 11.8. The number of aryl methyl sites for hydroxylation is 1. The highest BCUT2D eigenvalue weighted by atomic mass is 32.2. The Bertz CT molecular complexity index is 2280. The van der Waals surface area contributed by atoms with Gasteiger partial charge in [0.05, 0.1) is 11.9 Å². The zero-order chi connectivity index (χ0) is 36.6. The van der Waals surface area contributed by atoms with Crippen molar-refractivity contribution in [1.29, 1.82) is 0 Å². The van der Waals surface area contributed by atoms with E-state index in [4.69, 9.17) is 4.74 Å². The van der Waals surface area contributed by atoms with E-state index in [0.29, 0.717) is 27.4 Å². The molecule has 4 aromatic carbocycles. The van der Waals surface area contributed by atoms with Gasteiger partial charge in [0, 0.05) is 49.8 Å². The number of para-hydroxylation sites is 1. The first-order chi connectivity index (χ1) is 25.2. The molecule has 2 heterocycles. The van der Waals surface area contributed by atoms with Crippen LogP contribution in [0.25, 0.3) is 28.1 Å². The number of aromatic nitrogens is 1. The molecule has 0 aliphatic rings. The highest BCUT2D eigenvalue weighted by Crippen LogP contribution is 2.37. The van der Waals surface area contributed by atoms with Gasteiger partial charge in [-0.25, -0.2) is 4.79 Å². The Morgan fingerprint density at radius 3 is 2.42 bits per heavy atom. The quantitative estimate of drug-likeness (QED) is 0.0566. The predicted molar refractivity (Wildman–Crippen MR) is 210 cm³/mol. The smallest absolute Gasteiger partial charge is 0.341 e. The number of H-pyrrole nitrogens is 1. The van der Waals surface area contributed by atoms with E-state index < -0.39 is 23.0 Å². The zero-order valence-corrected chi connectivity index (χ0v) is 30.3. The fraction of sp³-hybridized carbons (Fsp3) is 0.122. The molecule has 2 aromatic heterocycles. The molecule has 1 unspecified atom stereocenters. The number of esters is 1. The number of ether oxygens (including phenoxy) is 1. The van der Waals surface area contributed by atoms with Gasteiger partial charge in [0.25, 0.3) is 11.8 Å². The van der Waals surface area contributed by atoms with Crippen LogP contribution in [0.1, 0.15) is 45.7 Å². The Labute approximate surface area is 309 Å². The normalized spacial score (nSPS) is 11.9. The van der Waals surface area contributed by atoms with Gasteiger partial charge in [0.2, 0.25) is 5.91 Å². The molecule has 52 heavy (non-hydrogen) atoms. The van der Waals surface area contributed by atoms with Gasteiger partial charge < -0.3 is 25.7 Å². The molecule has 0 bridgehead atoms. The van der Waals surface area contributed by atoms with Gasteiger partial charge in [-0.2, -0.15) is 0 Å². The minimum Gasteiger partial charge on any atom is -0.462 e. The third kappa shape index (κ3) is 8.51. The number of carbonyl (C=O) groups excluding carboxylic acids is 4. The summed E-state index contributed by atoms with van der Waals surface area (Å²) in [6, 6.07) is 31.3. The van der Waals surface area contributed by atoms with Gasteiger partial charge in [0.15, 0.2) is 0 Å². The fourth-order valence-corrected chi connectivity index (χ4v) is 7.32. The standard InChI is InChI=1S/C41H36N4O5S2/c1-4-50-41(49)36-33(27-19-17-25(2)18-20-27)24-51-40(36)45-37(46)26(3)52-31-14-10-13-30(22-31)43-39(48)35(44-38(47)28-11-6-5-7-12-28)21-29-23-42-34-16-9-8-15-32(29)34/h5-24,26,42H,4H2,1-3H3,(H,43,48)(H,44,47)(H,45,46)/b35-21-. The van der Waals surface area contributed by atoms with Crippen LogP contribution in [0.2, 0.25) is 0 Å². The highest BCUT2D eigenvalue weighted by Gasteiger charge is 2.25. The van der Waals surface area contributed by atoms with Gasteiger partial charge in [0.1, 0.15) is 16.3 Å². The molecule has 9 nitrogen and oxygen atoms in total. The van der Waals surface area contributed by atoms with Crippen LogP contribution >= 0.6 is 23.1 Å². The first kappa shape index (κ1) is 35.9. The number of thioether (sulfide) groups is 1. The molecule has 0 aliphatic heterocycles. The summed E-state index contributed by atoms with van der Waals surface area (Å²) in [5, 5.41) is 11.2. The third-order valence-electron chi connectivity index (χ3n) is 8.09. The van der Waals surface area contributed by atoms with Gasteiger partial charge in [-0.1, -0.05) is 72.3 Å². The zero-order valence-electron chi connectivity index (χ0n) is 28.7. The Morgan fingerprint density at radius 2 is 1.65 bits per heavy atom. The summed E-state index contributed by atoms with van der Waals surface area (Å²) in [5.74, 6) is -1.74. The number of rotatable bonds is 12. The van der Waals surface area contributed by atoms with Gasteiger partial charge in [-0.15, -0.1) is 23.1 Å². The van der Waals surface area contributed by atoms with Crippen molar-refractivity contribution < 1.29 is 23.9 Å². The van der Waals surface area contributed by atoms with Crippen LogP contribution < -0.4 is 16.0 Å². The maximum absolute atomic E-state index is 13.7. The Kier molecular flexibility index (Phi) is 11.3. The molecule has 6 aromatic rings. The van der Waals surface area contributed by atoms with Crippen molar-refractivity contribution in [3.63, 3.8) is 0 Å². The number of hydrogen-bond acceptors (Lipinski definition) is 7. The van der Waals surface area contributed by atoms with Crippen molar-refractivity contribution in [2.24, 2.45) is 0 Å². The van der Waals surface area contributed by atoms with Gasteiger partial charge >= 0.3 is 5.97 Å². The van der Waals surface area contributed by atoms with Crippen molar-refractivity contribution in [1.82, 2.24) is 10.3 Å². The van der Waals surface area contributed by atoms with Crippen LogP contribution in [0.3, 0.4) is 0 Å². The highest BCUT2D eigenvalue weighted by molar-refractivity contribution is 8.00. The Hall–Kier alpha value is -5.91. The summed E-state index contributed by atoms with van der Waals surface area (Å²) in [6.45, 7) is 5.70. The molecule has 0 spiro atoms. The second kappa shape index (κ2) is 16.4. The lowest BCUT2D eigenvalue weighted by Crippen LogP contribution is -2.30. The number of anilines is 2. The maximum atomic E-state index is 13.7. The van der Waals surface area contributed by atoms with Crippen molar-refractivity contribution >= 4 is 74.5 Å². The number of nitrogens with one attached hydrogen (secondary N) is 4. The summed E-state index contributed by atoms with van der Waals surface area (Å²) < 4.78 is 5.35. The maximum Gasteiger partial charge on any atom is 0.341 e. The molecular weight excluding hydrogens is 693 g/mol. The predicted octanol–water partition coefficient (Wildman–Crippen LogP) is 8.91. The molecule has 3 amide bonds. The van der Waals surface area contributed by atoms with E-state index in [1.54, 1.807) is 68.6 Å². The van der Waals surface area contributed by atoms with Crippen molar-refractivity contribution in [3.05, 3.63) is 143 Å². The van der Waals surface area contributed by atoms with E-state index in [0.717, 1.165) is 32.5 Å². The lowest BCUT2D eigenvalue weighted by molar-refractivity contribution is -0.115. The number of aromatic amines is 1. The lowest BCUT2D eigenvalue weighted by Gasteiger charge is -2.14. The van der Waals surface area contributed by atoms with Crippen LogP contribution in [0.5, 0.6) is 0 Å². The van der Waals surface area contributed by atoms with Crippen LogP contribution in [0.15, 0.2) is 125 Å². The van der Waals surface area contributed by atoms with Crippen LogP contribution in [-0.4, -0.2) is 40.5 Å². The largest absolute Gasteiger partial charge is 0.462 e. The molecule has 11 heteroatoms. The van der Waals surface area contributed by atoms with E-state index in [-0.39, 0.29) is 18.2 Å². The summed E-state index contributed by atoms with van der Waals surface area (Å²) >= 11 is 2.57. The molecular formula is C41H36N4O5S2. The molecule has 1 atom stereocenters. The summed E-state index contributed by atoms with van der Waals surface area (Å²) in [6.07, 6.45) is 3.42. The first-order valence-electron chi connectivity index (χ1n) is 16.6. The Balaban J connectivity index is 1.18. The van der Waals surface area contributed by atoms with Crippen molar-refractivity contribution in [2.75, 3.05) is 17.2 Å². The van der Waals surface area contributed by atoms with Gasteiger partial charge in [-0.3, -0.25) is 14.4 Å². The fourth-order valence-electron chi connectivity index (χ4n) is 5.43. The van der Waals surface area contributed by atoms with Crippen LogP contribution in [0, 0.1) is 6.92 Å². The van der Waals surface area contributed by atoms with Crippen molar-refractivity contribution in [2.45, 2.75) is 30.9 Å². The molecule has 6 rings (SSSR count). The number of amides is 3. The van der Waals surface area contributed by atoms with Gasteiger partial charge in [-0.05, 0) is 68.8 Å². The minimum atomic E-state index is -0.562. The van der Waals surface area contributed by atoms with E-state index in [1.807, 2.05) is 73.0 Å². The Morgan fingerprint density at radius 1 is 0.904 bits per heavy atom. The average molecular weight is 729 g/mol. The number of thiophene rings is 1. The molecule has 0 aliphatic carbocycles. The summed E-state index contributed by atoms with van der Waals surface area (Å²) in [4.78, 5) is 57.3. The number of hydrogen-bond donors (Lipinski definition) is 4. The molecule has 4 N–H and O–H groups in total. The monoisotopic (exact) mass is 728 g/mol. The van der Waals surface area contributed by atoms with E-state index in [9.17, 15) is 19.2 Å². The average Bonchev–Trinajstić information content (AvgIpc) is 3.76. The first-order valence-corrected chi connectivity index (χ1v) is 18.3. The van der Waals surface area contributed by atoms with Crippen LogP contribution in [0.4, 0.5) is 10.7 Å². The lowest BCUT2D eigenvalue weighted by atomic mass is 10.0. The molecule has 262 valence electrons. The summed E-state index contributed by atoms with van der Waals surface area (Å²) in [5.41, 5.74) is 5.55. The second-order valence-corrected chi connectivity index (χ2v) is 14.1. The number of benzene rings is 4. The minimum absolute atomic E-state index is 0.0581. The molecule has 0 radical (unpaired) electrons. The SMILES string of the molecule is CCOC(=O)c1c(-c2ccc(C)cc2)csc1NC(=O)C(C)Sc1cccc(NC(=O)/C(=C/c2c[nH]c3ccccc23)NC(=O)c2ccccc2)c1. The summed E-state index contributed by atoms with van der Waals surface area (Å²) in [7, 11) is 0. The number of carbonyl (C=O) groups is 4. The van der Waals surface area contributed by atoms with E-state index >= 15 is 0 Å².